The van der Waals surface area contributed by atoms with Crippen LogP contribution in [0.4, 0.5) is 0 Å². The minimum Gasteiger partial charge on any atom is -0.481 e. The minimum absolute atomic E-state index is 0.0221. The Morgan fingerprint density at radius 1 is 1.21 bits per heavy atom. The second-order valence-electron chi connectivity index (χ2n) is 5.40. The fourth-order valence-corrected chi connectivity index (χ4v) is 3.44. The maximum Gasteiger partial charge on any atom is 0.304 e. The average Bonchev–Trinajstić information content (AvgIpc) is 2.59. The minimum atomic E-state index is -3.78. The van der Waals surface area contributed by atoms with Gasteiger partial charge in [0.1, 0.15) is 0 Å². The first-order valence-corrected chi connectivity index (χ1v) is 8.91. The summed E-state index contributed by atoms with van der Waals surface area (Å²) in [5.74, 6) is -1.23. The van der Waals surface area contributed by atoms with Gasteiger partial charge in [0.2, 0.25) is 10.0 Å². The first-order valence-electron chi connectivity index (χ1n) is 7.47. The number of nitrogens with zero attached hydrogens (tertiary/aromatic N) is 2. The number of carbonyl (C=O) groups is 2. The van der Waals surface area contributed by atoms with Gasteiger partial charge < -0.3 is 14.7 Å². The topological polar surface area (TPSA) is 104 Å². The molecule has 0 spiro atoms. The van der Waals surface area contributed by atoms with Gasteiger partial charge in [-0.1, -0.05) is 0 Å². The second kappa shape index (κ2) is 7.73. The van der Waals surface area contributed by atoms with Crippen LogP contribution in [0.5, 0.6) is 0 Å². The predicted molar refractivity (Wildman–Crippen MR) is 85.2 cm³/mol. The highest BCUT2D eigenvalue weighted by atomic mass is 32.2. The summed E-state index contributed by atoms with van der Waals surface area (Å²) in [5, 5.41) is 8.65. The third-order valence-electron chi connectivity index (χ3n) is 3.75. The van der Waals surface area contributed by atoms with Crippen molar-refractivity contribution in [3.8, 4) is 0 Å². The van der Waals surface area contributed by atoms with Crippen LogP contribution in [-0.2, 0) is 19.6 Å². The lowest BCUT2D eigenvalue weighted by atomic mass is 10.2. The summed E-state index contributed by atoms with van der Waals surface area (Å²) in [6, 6.07) is 5.66. The van der Waals surface area contributed by atoms with E-state index in [9.17, 15) is 18.0 Å². The Morgan fingerprint density at radius 2 is 1.79 bits per heavy atom. The molecule has 0 unspecified atom stereocenters. The van der Waals surface area contributed by atoms with Crippen molar-refractivity contribution in [2.75, 3.05) is 39.9 Å². The maximum atomic E-state index is 12.3. The van der Waals surface area contributed by atoms with Crippen LogP contribution in [0.1, 0.15) is 16.8 Å². The molecule has 1 aliphatic rings. The zero-order valence-corrected chi connectivity index (χ0v) is 14.2. The molecule has 1 fully saturated rings. The molecule has 0 bridgehead atoms. The molecule has 1 aromatic carbocycles. The number of hydrogen-bond donors (Lipinski definition) is 1. The number of ether oxygens (including phenoxy) is 1. The van der Waals surface area contributed by atoms with Gasteiger partial charge >= 0.3 is 5.97 Å². The summed E-state index contributed by atoms with van der Waals surface area (Å²) < 4.78 is 30.9. The van der Waals surface area contributed by atoms with Crippen LogP contribution in [0.2, 0.25) is 0 Å². The standard InChI is InChI=1S/C15H20N2O6S/c1-16(7-6-14(18)19)24(21,22)13-4-2-12(3-5-13)15(20)17-8-10-23-11-9-17/h2-5H,6-11H2,1H3,(H,18,19). The highest BCUT2D eigenvalue weighted by Crippen LogP contribution is 2.17. The fraction of sp³-hybridized carbons (Fsp3) is 0.467. The van der Waals surface area contributed by atoms with Crippen molar-refractivity contribution in [2.45, 2.75) is 11.3 Å². The van der Waals surface area contributed by atoms with E-state index in [4.69, 9.17) is 9.84 Å². The molecule has 1 saturated heterocycles. The molecule has 132 valence electrons. The summed E-state index contributed by atoms with van der Waals surface area (Å²) in [5.41, 5.74) is 0.407. The quantitative estimate of drug-likeness (QED) is 0.784. The Morgan fingerprint density at radius 3 is 2.33 bits per heavy atom. The molecule has 9 heteroatoms. The molecule has 1 N–H and O–H groups in total. The van der Waals surface area contributed by atoms with Gasteiger partial charge in [-0.15, -0.1) is 0 Å². The van der Waals surface area contributed by atoms with Gasteiger partial charge in [-0.25, -0.2) is 12.7 Å². The number of morpholine rings is 1. The van der Waals surface area contributed by atoms with Crippen molar-refractivity contribution in [1.29, 1.82) is 0 Å². The SMILES string of the molecule is CN(CCC(=O)O)S(=O)(=O)c1ccc(C(=O)N2CCOCC2)cc1. The molecular weight excluding hydrogens is 336 g/mol. The number of hydrogen-bond acceptors (Lipinski definition) is 5. The highest BCUT2D eigenvalue weighted by molar-refractivity contribution is 7.89. The molecule has 24 heavy (non-hydrogen) atoms. The summed E-state index contributed by atoms with van der Waals surface area (Å²) >= 11 is 0. The monoisotopic (exact) mass is 356 g/mol. The number of rotatable bonds is 6. The third kappa shape index (κ3) is 4.31. The normalized spacial score (nSPS) is 15.5. The molecule has 0 atom stereocenters. The van der Waals surface area contributed by atoms with Crippen molar-refractivity contribution in [3.05, 3.63) is 29.8 Å². The number of carboxylic acid groups (broad SMARTS) is 1. The highest BCUT2D eigenvalue weighted by Gasteiger charge is 2.23. The number of aliphatic carboxylic acids is 1. The van der Waals surface area contributed by atoms with Gasteiger partial charge in [-0.2, -0.15) is 0 Å². The van der Waals surface area contributed by atoms with Crippen LogP contribution in [0, 0.1) is 0 Å². The number of carbonyl (C=O) groups excluding carboxylic acids is 1. The molecule has 8 nitrogen and oxygen atoms in total. The summed E-state index contributed by atoms with van der Waals surface area (Å²) in [6.07, 6.45) is -0.274. The largest absolute Gasteiger partial charge is 0.481 e. The lowest BCUT2D eigenvalue weighted by molar-refractivity contribution is -0.137. The number of amides is 1. The van der Waals surface area contributed by atoms with Gasteiger partial charge in [-0.05, 0) is 24.3 Å². The van der Waals surface area contributed by atoms with E-state index >= 15 is 0 Å². The Labute approximate surface area is 140 Å². The molecule has 1 aliphatic heterocycles. The van der Waals surface area contributed by atoms with Gasteiger partial charge in [0.25, 0.3) is 5.91 Å². The zero-order valence-electron chi connectivity index (χ0n) is 13.3. The number of carboxylic acids is 1. The Kier molecular flexibility index (Phi) is 5.92. The van der Waals surface area contributed by atoms with E-state index in [1.165, 1.54) is 31.3 Å². The third-order valence-corrected chi connectivity index (χ3v) is 5.62. The van der Waals surface area contributed by atoms with Crippen LogP contribution < -0.4 is 0 Å². The maximum absolute atomic E-state index is 12.3. The van der Waals surface area contributed by atoms with Crippen molar-refractivity contribution in [1.82, 2.24) is 9.21 Å². The van der Waals surface area contributed by atoms with Gasteiger partial charge in [-0.3, -0.25) is 9.59 Å². The van der Waals surface area contributed by atoms with E-state index in [0.29, 0.717) is 31.9 Å². The molecule has 1 heterocycles. The van der Waals surface area contributed by atoms with E-state index in [1.54, 1.807) is 4.90 Å². The first-order chi connectivity index (χ1) is 11.3. The average molecular weight is 356 g/mol. The molecule has 0 aromatic heterocycles. The van der Waals surface area contributed by atoms with Crippen LogP contribution in [0.15, 0.2) is 29.2 Å². The van der Waals surface area contributed by atoms with E-state index in [-0.39, 0.29) is 23.8 Å². The molecule has 0 aliphatic carbocycles. The van der Waals surface area contributed by atoms with Crippen molar-refractivity contribution in [2.24, 2.45) is 0 Å². The Hall–Kier alpha value is -1.97. The molecule has 0 radical (unpaired) electrons. The zero-order chi connectivity index (χ0) is 17.7. The molecule has 1 amide bonds. The van der Waals surface area contributed by atoms with Crippen molar-refractivity contribution >= 4 is 21.9 Å². The summed E-state index contributed by atoms with van der Waals surface area (Å²) in [7, 11) is -2.45. The van der Waals surface area contributed by atoms with Crippen LogP contribution >= 0.6 is 0 Å². The van der Waals surface area contributed by atoms with Crippen molar-refractivity contribution < 1.29 is 27.9 Å². The van der Waals surface area contributed by atoms with E-state index in [0.717, 1.165) is 4.31 Å². The molecule has 1 aromatic rings. The molecule has 0 saturated carbocycles. The van der Waals surface area contributed by atoms with Gasteiger partial charge in [0.05, 0.1) is 24.5 Å². The molecule has 2 rings (SSSR count). The van der Waals surface area contributed by atoms with Crippen LogP contribution in [0.25, 0.3) is 0 Å². The van der Waals surface area contributed by atoms with Crippen molar-refractivity contribution in [3.63, 3.8) is 0 Å². The Bertz CT molecular complexity index is 695. The van der Waals surface area contributed by atoms with Crippen LogP contribution in [-0.4, -0.2) is 74.5 Å². The molecular formula is C15H20N2O6S. The van der Waals surface area contributed by atoms with E-state index in [2.05, 4.69) is 0 Å². The van der Waals surface area contributed by atoms with Gasteiger partial charge in [0.15, 0.2) is 0 Å². The summed E-state index contributed by atoms with van der Waals surface area (Å²) in [4.78, 5) is 24.6. The Balaban J connectivity index is 2.10. The predicted octanol–water partition coefficient (Wildman–Crippen LogP) is 0.254. The lowest BCUT2D eigenvalue weighted by Gasteiger charge is -2.27. The first kappa shape index (κ1) is 18.4. The number of sulfonamides is 1. The fourth-order valence-electron chi connectivity index (χ4n) is 2.27. The smallest absolute Gasteiger partial charge is 0.304 e. The lowest BCUT2D eigenvalue weighted by Crippen LogP contribution is -2.40. The van der Waals surface area contributed by atoms with Gasteiger partial charge in [0, 0.05) is 32.2 Å². The second-order valence-corrected chi connectivity index (χ2v) is 7.44. The van der Waals surface area contributed by atoms with E-state index in [1.807, 2.05) is 0 Å². The number of benzene rings is 1. The summed E-state index contributed by atoms with van der Waals surface area (Å²) in [6.45, 7) is 1.89. The van der Waals surface area contributed by atoms with Crippen LogP contribution in [0.3, 0.4) is 0 Å². The van der Waals surface area contributed by atoms with E-state index < -0.39 is 16.0 Å².